The molecule has 3 fully saturated rings. The summed E-state index contributed by atoms with van der Waals surface area (Å²) in [5.74, 6) is -1.68. The second kappa shape index (κ2) is 5.83. The smallest absolute Gasteiger partial charge is 0.309 e. The quantitative estimate of drug-likeness (QED) is 0.861. The number of carboxylic acids is 1. The summed E-state index contributed by atoms with van der Waals surface area (Å²) in [6.07, 6.45) is 2.78. The van der Waals surface area contributed by atoms with Crippen molar-refractivity contribution in [2.45, 2.75) is 50.0 Å². The molecular weight excluding hydrogens is 332 g/mol. The molecule has 1 atom stereocenters. The number of carboxylic acid groups (broad SMARTS) is 1. The first-order valence-electron chi connectivity index (χ1n) is 9.27. The lowest BCUT2D eigenvalue weighted by Gasteiger charge is -2.42. The van der Waals surface area contributed by atoms with Crippen LogP contribution in [-0.4, -0.2) is 46.4 Å². The predicted molar refractivity (Wildman–Crippen MR) is 94.5 cm³/mol. The van der Waals surface area contributed by atoms with Crippen LogP contribution in [0.1, 0.15) is 43.2 Å². The van der Waals surface area contributed by atoms with Gasteiger partial charge in [0.1, 0.15) is 0 Å². The fraction of sp³-hybridized carbons (Fsp3) is 0.550. The van der Waals surface area contributed by atoms with Gasteiger partial charge in [-0.05, 0) is 38.2 Å². The molecule has 6 heteroatoms. The van der Waals surface area contributed by atoms with Gasteiger partial charge >= 0.3 is 5.97 Å². The van der Waals surface area contributed by atoms with Crippen molar-refractivity contribution in [2.24, 2.45) is 5.92 Å². The number of amides is 2. The number of hydrogen-bond donors (Lipinski definition) is 2. The van der Waals surface area contributed by atoms with Crippen LogP contribution in [0.3, 0.4) is 0 Å². The van der Waals surface area contributed by atoms with E-state index in [1.54, 1.807) is 0 Å². The van der Waals surface area contributed by atoms with Crippen LogP contribution >= 0.6 is 0 Å². The number of likely N-dealkylation sites (tertiary alicyclic amines) is 1. The Morgan fingerprint density at radius 1 is 1.12 bits per heavy atom. The molecule has 1 aliphatic carbocycles. The third-order valence-corrected chi connectivity index (χ3v) is 6.45. The zero-order valence-corrected chi connectivity index (χ0v) is 15.0. The topological polar surface area (TPSA) is 86.7 Å². The molecule has 3 aliphatic rings. The van der Waals surface area contributed by atoms with Crippen LogP contribution < -0.4 is 5.32 Å². The minimum atomic E-state index is -0.929. The van der Waals surface area contributed by atoms with Crippen molar-refractivity contribution >= 4 is 17.8 Å². The first kappa shape index (κ1) is 17.1. The van der Waals surface area contributed by atoms with E-state index in [2.05, 4.69) is 5.32 Å². The molecule has 2 saturated heterocycles. The zero-order chi connectivity index (χ0) is 18.5. The van der Waals surface area contributed by atoms with Crippen LogP contribution in [0.15, 0.2) is 24.3 Å². The summed E-state index contributed by atoms with van der Waals surface area (Å²) in [5, 5.41) is 12.4. The molecule has 0 aromatic heterocycles. The van der Waals surface area contributed by atoms with Gasteiger partial charge < -0.3 is 15.3 Å². The van der Waals surface area contributed by atoms with E-state index in [1.165, 1.54) is 5.56 Å². The Morgan fingerprint density at radius 3 is 2.27 bits per heavy atom. The van der Waals surface area contributed by atoms with Crippen LogP contribution in [-0.2, 0) is 19.8 Å². The lowest BCUT2D eigenvalue weighted by atomic mass is 9.77. The van der Waals surface area contributed by atoms with E-state index < -0.39 is 22.8 Å². The largest absolute Gasteiger partial charge is 0.481 e. The summed E-state index contributed by atoms with van der Waals surface area (Å²) < 4.78 is 0. The highest BCUT2D eigenvalue weighted by atomic mass is 16.4. The maximum atomic E-state index is 13.2. The van der Waals surface area contributed by atoms with Crippen molar-refractivity contribution in [1.29, 1.82) is 0 Å². The summed E-state index contributed by atoms with van der Waals surface area (Å²) >= 11 is 0. The molecule has 1 aromatic rings. The molecule has 2 heterocycles. The Kier molecular flexibility index (Phi) is 3.82. The van der Waals surface area contributed by atoms with Gasteiger partial charge in [-0.25, -0.2) is 0 Å². The van der Waals surface area contributed by atoms with Gasteiger partial charge in [0.15, 0.2) is 0 Å². The lowest BCUT2D eigenvalue weighted by molar-refractivity contribution is -0.145. The summed E-state index contributed by atoms with van der Waals surface area (Å²) in [5.41, 5.74) is 1.16. The fourth-order valence-corrected chi connectivity index (χ4v) is 4.63. The van der Waals surface area contributed by atoms with Crippen molar-refractivity contribution in [3.63, 3.8) is 0 Å². The number of carbonyl (C=O) groups excluding carboxylic acids is 2. The lowest BCUT2D eigenvalue weighted by Crippen LogP contribution is -2.57. The standard InChI is InChI=1S/C20H24N2O4/c1-13-2-4-14(5-3-13)19(6-7-19)18(26)22-10-8-20(9-11-22)15(17(24)25)12-16(23)21-20/h2-5,15H,6-12H2,1H3,(H,21,23)(H,24,25)/t15-/m1/s1. The van der Waals surface area contributed by atoms with Crippen molar-refractivity contribution in [2.75, 3.05) is 13.1 Å². The van der Waals surface area contributed by atoms with Crippen molar-refractivity contribution in [3.8, 4) is 0 Å². The van der Waals surface area contributed by atoms with Crippen LogP contribution in [0.25, 0.3) is 0 Å². The van der Waals surface area contributed by atoms with E-state index >= 15 is 0 Å². The van der Waals surface area contributed by atoms with E-state index in [9.17, 15) is 19.5 Å². The van der Waals surface area contributed by atoms with Gasteiger partial charge in [0, 0.05) is 19.5 Å². The Hall–Kier alpha value is -2.37. The molecule has 1 aromatic carbocycles. The van der Waals surface area contributed by atoms with Gasteiger partial charge in [-0.2, -0.15) is 0 Å². The number of aryl methyl sites for hydroxylation is 1. The van der Waals surface area contributed by atoms with Crippen molar-refractivity contribution in [1.82, 2.24) is 10.2 Å². The van der Waals surface area contributed by atoms with Crippen LogP contribution in [0, 0.1) is 12.8 Å². The molecule has 6 nitrogen and oxygen atoms in total. The second-order valence-electron chi connectivity index (χ2n) is 8.04. The summed E-state index contributed by atoms with van der Waals surface area (Å²) in [6, 6.07) is 8.17. The van der Waals surface area contributed by atoms with Crippen molar-refractivity contribution in [3.05, 3.63) is 35.4 Å². The molecule has 1 spiro atoms. The minimum Gasteiger partial charge on any atom is -0.481 e. The van der Waals surface area contributed by atoms with E-state index in [4.69, 9.17) is 0 Å². The molecule has 2 amide bonds. The van der Waals surface area contributed by atoms with Gasteiger partial charge in [-0.3, -0.25) is 14.4 Å². The Labute approximate surface area is 152 Å². The number of nitrogens with zero attached hydrogens (tertiary/aromatic N) is 1. The number of nitrogens with one attached hydrogen (secondary N) is 1. The highest BCUT2D eigenvalue weighted by Gasteiger charge is 2.56. The number of hydrogen-bond acceptors (Lipinski definition) is 3. The van der Waals surface area contributed by atoms with Gasteiger partial charge in [-0.1, -0.05) is 29.8 Å². The summed E-state index contributed by atoms with van der Waals surface area (Å²) in [4.78, 5) is 38.4. The molecule has 1 saturated carbocycles. The molecule has 2 aliphatic heterocycles. The second-order valence-corrected chi connectivity index (χ2v) is 8.04. The SMILES string of the molecule is Cc1ccc(C2(C(=O)N3CCC4(CC3)NC(=O)C[C@@H]4C(=O)O)CC2)cc1. The first-order valence-corrected chi connectivity index (χ1v) is 9.27. The number of benzene rings is 1. The Morgan fingerprint density at radius 2 is 1.73 bits per heavy atom. The monoisotopic (exact) mass is 356 g/mol. The summed E-state index contributed by atoms with van der Waals surface area (Å²) in [6.45, 7) is 3.02. The van der Waals surface area contributed by atoms with Crippen LogP contribution in [0.2, 0.25) is 0 Å². The minimum absolute atomic E-state index is 0.0383. The number of rotatable bonds is 3. The molecule has 0 unspecified atom stereocenters. The van der Waals surface area contributed by atoms with E-state index in [-0.39, 0.29) is 18.2 Å². The third kappa shape index (κ3) is 2.59. The molecule has 2 N–H and O–H groups in total. The normalized spacial score (nSPS) is 25.8. The zero-order valence-electron chi connectivity index (χ0n) is 15.0. The average molecular weight is 356 g/mol. The summed E-state index contributed by atoms with van der Waals surface area (Å²) in [7, 11) is 0. The average Bonchev–Trinajstić information content (AvgIpc) is 3.36. The third-order valence-electron chi connectivity index (χ3n) is 6.45. The number of piperidine rings is 1. The number of aliphatic carboxylic acids is 1. The molecule has 26 heavy (non-hydrogen) atoms. The predicted octanol–water partition coefficient (Wildman–Crippen LogP) is 1.61. The van der Waals surface area contributed by atoms with Gasteiger partial charge in [-0.15, -0.1) is 0 Å². The maximum Gasteiger partial charge on any atom is 0.309 e. The molecule has 4 rings (SSSR count). The Balaban J connectivity index is 1.48. The van der Waals surface area contributed by atoms with Crippen LogP contribution in [0.4, 0.5) is 0 Å². The molecule has 0 bridgehead atoms. The molecule has 0 radical (unpaired) electrons. The molecular formula is C20H24N2O4. The Bertz CT molecular complexity index is 759. The van der Waals surface area contributed by atoms with Gasteiger partial charge in [0.25, 0.3) is 0 Å². The van der Waals surface area contributed by atoms with Crippen LogP contribution in [0.5, 0.6) is 0 Å². The highest BCUT2D eigenvalue weighted by molar-refractivity contribution is 5.92. The maximum absolute atomic E-state index is 13.2. The first-order chi connectivity index (χ1) is 12.4. The van der Waals surface area contributed by atoms with Gasteiger partial charge in [0.05, 0.1) is 16.9 Å². The molecule has 138 valence electrons. The van der Waals surface area contributed by atoms with E-state index in [1.807, 2.05) is 36.1 Å². The van der Waals surface area contributed by atoms with E-state index in [0.29, 0.717) is 25.9 Å². The van der Waals surface area contributed by atoms with E-state index in [0.717, 1.165) is 18.4 Å². The van der Waals surface area contributed by atoms with Crippen molar-refractivity contribution < 1.29 is 19.5 Å². The highest BCUT2D eigenvalue weighted by Crippen LogP contribution is 2.50. The number of carbonyl (C=O) groups is 3. The van der Waals surface area contributed by atoms with Gasteiger partial charge in [0.2, 0.25) is 11.8 Å². The fourth-order valence-electron chi connectivity index (χ4n) is 4.63.